The number of para-hydroxylation sites is 2. The van der Waals surface area contributed by atoms with Gasteiger partial charge in [-0.05, 0) is 41.2 Å². The van der Waals surface area contributed by atoms with Gasteiger partial charge in [-0.15, -0.1) is 0 Å². The summed E-state index contributed by atoms with van der Waals surface area (Å²) in [5, 5.41) is 20.2. The van der Waals surface area contributed by atoms with Crippen molar-refractivity contribution in [3.8, 4) is 0 Å². The van der Waals surface area contributed by atoms with Gasteiger partial charge in [-0.25, -0.2) is 4.79 Å². The smallest absolute Gasteiger partial charge is 0.326 e. The third kappa shape index (κ3) is 8.10. The van der Waals surface area contributed by atoms with Gasteiger partial charge in [-0.2, -0.15) is 0 Å². The summed E-state index contributed by atoms with van der Waals surface area (Å²) in [7, 11) is 0. The molecule has 250 valence electrons. The van der Waals surface area contributed by atoms with Crippen LogP contribution in [0.15, 0.2) is 91.3 Å². The van der Waals surface area contributed by atoms with Crippen LogP contribution in [0.3, 0.4) is 0 Å². The molecule has 8 N–H and O–H groups in total. The molecule has 0 aliphatic heterocycles. The fourth-order valence-electron chi connectivity index (χ4n) is 5.91. The van der Waals surface area contributed by atoms with Crippen LogP contribution >= 0.6 is 0 Å². The zero-order valence-corrected chi connectivity index (χ0v) is 27.0. The molecule has 2 heterocycles. The van der Waals surface area contributed by atoms with E-state index in [0.717, 1.165) is 38.5 Å². The van der Waals surface area contributed by atoms with E-state index < -0.39 is 47.9 Å². The van der Waals surface area contributed by atoms with Crippen molar-refractivity contribution in [2.24, 2.45) is 11.7 Å². The minimum absolute atomic E-state index is 0.0314. The number of nitrogens with one attached hydrogen (secondary N) is 5. The number of carbonyl (C=O) groups is 4. The molecule has 0 bridgehead atoms. The lowest BCUT2D eigenvalue weighted by atomic mass is 9.96. The molecule has 5 aromatic rings. The maximum Gasteiger partial charge on any atom is 0.326 e. The molecule has 0 radical (unpaired) electrons. The lowest BCUT2D eigenvalue weighted by Crippen LogP contribution is -2.59. The zero-order valence-electron chi connectivity index (χ0n) is 27.0. The van der Waals surface area contributed by atoms with Crippen molar-refractivity contribution in [2.75, 3.05) is 0 Å². The van der Waals surface area contributed by atoms with Gasteiger partial charge >= 0.3 is 5.97 Å². The summed E-state index contributed by atoms with van der Waals surface area (Å²) in [5.74, 6) is -3.20. The normalized spacial score (nSPS) is 14.5. The Bertz CT molecular complexity index is 1880. The van der Waals surface area contributed by atoms with Gasteiger partial charge in [0.1, 0.15) is 18.1 Å². The zero-order chi connectivity index (χ0) is 34.2. The van der Waals surface area contributed by atoms with Crippen molar-refractivity contribution in [1.29, 1.82) is 0 Å². The van der Waals surface area contributed by atoms with Gasteiger partial charge in [0.15, 0.2) is 0 Å². The molecule has 11 heteroatoms. The van der Waals surface area contributed by atoms with Crippen LogP contribution in [0, 0.1) is 5.92 Å². The molecule has 0 spiro atoms. The Morgan fingerprint density at radius 1 is 0.688 bits per heavy atom. The number of aromatic amines is 2. The molecule has 11 nitrogen and oxygen atoms in total. The summed E-state index contributed by atoms with van der Waals surface area (Å²) in [6.07, 6.45) is 4.48. The Labute approximate surface area is 278 Å². The third-order valence-electron chi connectivity index (χ3n) is 8.87. The molecule has 3 amide bonds. The number of fused-ring (bicyclic) bond motifs is 2. The minimum atomic E-state index is -1.26. The molecule has 48 heavy (non-hydrogen) atoms. The number of amides is 3. The van der Waals surface area contributed by atoms with E-state index in [2.05, 4.69) is 25.9 Å². The maximum atomic E-state index is 13.9. The molecule has 2 aromatic heterocycles. The van der Waals surface area contributed by atoms with Gasteiger partial charge in [-0.1, -0.05) is 87.0 Å². The van der Waals surface area contributed by atoms with Gasteiger partial charge in [0.25, 0.3) is 0 Å². The number of carboxylic acid groups (broad SMARTS) is 1. The van der Waals surface area contributed by atoms with E-state index in [-0.39, 0.29) is 18.8 Å². The number of carboxylic acids is 1. The van der Waals surface area contributed by atoms with Crippen molar-refractivity contribution in [1.82, 2.24) is 25.9 Å². The van der Waals surface area contributed by atoms with Crippen LogP contribution in [0.4, 0.5) is 0 Å². The Morgan fingerprint density at radius 2 is 1.21 bits per heavy atom. The highest BCUT2D eigenvalue weighted by molar-refractivity contribution is 5.95. The number of hydrogen-bond acceptors (Lipinski definition) is 5. The van der Waals surface area contributed by atoms with Crippen LogP contribution < -0.4 is 21.7 Å². The van der Waals surface area contributed by atoms with Gasteiger partial charge in [-0.3, -0.25) is 14.4 Å². The molecule has 3 aromatic carbocycles. The SMILES string of the molecule is CCC(C)C(NC(=O)C(N)Cc1ccccc1)C(=O)NC(Cc1c[nH]c2ccccc12)C(=O)NC(Cc1c[nH]c2ccccc12)C(=O)O. The highest BCUT2D eigenvalue weighted by Gasteiger charge is 2.33. The second kappa shape index (κ2) is 15.4. The van der Waals surface area contributed by atoms with E-state index in [0.29, 0.717) is 12.8 Å². The number of rotatable bonds is 15. The number of hydrogen-bond donors (Lipinski definition) is 7. The lowest BCUT2D eigenvalue weighted by molar-refractivity contribution is -0.142. The molecular weight excluding hydrogens is 608 g/mol. The molecule has 0 aliphatic rings. The minimum Gasteiger partial charge on any atom is -0.480 e. The van der Waals surface area contributed by atoms with Gasteiger partial charge < -0.3 is 36.8 Å². The Balaban J connectivity index is 1.37. The van der Waals surface area contributed by atoms with Crippen molar-refractivity contribution < 1.29 is 24.3 Å². The molecule has 5 rings (SSSR count). The number of nitrogens with two attached hydrogens (primary N) is 1. The van der Waals surface area contributed by atoms with Crippen LogP contribution in [-0.4, -0.2) is 62.9 Å². The first-order valence-corrected chi connectivity index (χ1v) is 16.2. The van der Waals surface area contributed by atoms with Crippen molar-refractivity contribution in [3.05, 3.63) is 108 Å². The van der Waals surface area contributed by atoms with Crippen molar-refractivity contribution in [2.45, 2.75) is 63.7 Å². The Hall–Kier alpha value is -5.42. The van der Waals surface area contributed by atoms with E-state index in [1.54, 1.807) is 12.4 Å². The number of carbonyl (C=O) groups excluding carboxylic acids is 3. The van der Waals surface area contributed by atoms with Crippen molar-refractivity contribution in [3.63, 3.8) is 0 Å². The number of H-pyrrole nitrogens is 2. The Morgan fingerprint density at radius 3 is 1.77 bits per heavy atom. The highest BCUT2D eigenvalue weighted by atomic mass is 16.4. The maximum absolute atomic E-state index is 13.9. The summed E-state index contributed by atoms with van der Waals surface area (Å²) in [6.45, 7) is 3.74. The van der Waals surface area contributed by atoms with E-state index in [9.17, 15) is 24.3 Å². The van der Waals surface area contributed by atoms with Crippen LogP contribution in [0.5, 0.6) is 0 Å². The summed E-state index contributed by atoms with van der Waals surface area (Å²) in [6, 6.07) is 20.2. The second-order valence-electron chi connectivity index (χ2n) is 12.3. The van der Waals surface area contributed by atoms with Crippen LogP contribution in [0.2, 0.25) is 0 Å². The first-order chi connectivity index (χ1) is 23.1. The molecule has 0 saturated heterocycles. The highest BCUT2D eigenvalue weighted by Crippen LogP contribution is 2.21. The average molecular weight is 651 g/mol. The van der Waals surface area contributed by atoms with E-state index in [1.807, 2.05) is 92.7 Å². The Kier molecular flexibility index (Phi) is 10.9. The predicted molar refractivity (Wildman–Crippen MR) is 185 cm³/mol. The van der Waals surface area contributed by atoms with Crippen LogP contribution in [-0.2, 0) is 38.4 Å². The van der Waals surface area contributed by atoms with Crippen molar-refractivity contribution >= 4 is 45.5 Å². The molecule has 0 fully saturated rings. The topological polar surface area (TPSA) is 182 Å². The summed E-state index contributed by atoms with van der Waals surface area (Å²) >= 11 is 0. The lowest BCUT2D eigenvalue weighted by Gasteiger charge is -2.28. The van der Waals surface area contributed by atoms with Crippen LogP contribution in [0.25, 0.3) is 21.8 Å². The first kappa shape index (κ1) is 33.9. The second-order valence-corrected chi connectivity index (χ2v) is 12.3. The monoisotopic (exact) mass is 650 g/mol. The molecule has 5 unspecified atom stereocenters. The summed E-state index contributed by atoms with van der Waals surface area (Å²) < 4.78 is 0. The average Bonchev–Trinajstić information content (AvgIpc) is 3.70. The fourth-order valence-corrected chi connectivity index (χ4v) is 5.91. The quantitative estimate of drug-likeness (QED) is 0.0909. The van der Waals surface area contributed by atoms with E-state index >= 15 is 0 Å². The predicted octanol–water partition coefficient (Wildman–Crippen LogP) is 3.59. The molecule has 0 saturated carbocycles. The van der Waals surface area contributed by atoms with Gasteiger partial charge in [0.05, 0.1) is 6.04 Å². The van der Waals surface area contributed by atoms with E-state index in [4.69, 9.17) is 5.73 Å². The molecular formula is C37H42N6O5. The first-order valence-electron chi connectivity index (χ1n) is 16.2. The van der Waals surface area contributed by atoms with Gasteiger partial charge in [0.2, 0.25) is 17.7 Å². The summed E-state index contributed by atoms with van der Waals surface area (Å²) in [4.78, 5) is 59.8. The standard InChI is InChI=1S/C37H42N6O5/c1-3-22(2)33(43-34(44)28(38)17-23-11-5-4-6-12-23)36(46)41-31(18-24-20-39-29-15-9-7-13-26(24)29)35(45)42-32(37(47)48)19-25-21-40-30-16-10-8-14-27(25)30/h4-16,20-22,28,31-33,39-40H,3,17-19,38H2,1-2H3,(H,41,46)(H,42,45)(H,43,44)(H,47,48). The largest absolute Gasteiger partial charge is 0.480 e. The molecule has 5 atom stereocenters. The van der Waals surface area contributed by atoms with Gasteiger partial charge in [0, 0.05) is 47.0 Å². The van der Waals surface area contributed by atoms with Crippen LogP contribution in [0.1, 0.15) is 37.0 Å². The number of benzene rings is 3. The number of aromatic nitrogens is 2. The summed E-state index contributed by atoms with van der Waals surface area (Å²) in [5.41, 5.74) is 10.3. The third-order valence-corrected chi connectivity index (χ3v) is 8.87. The fraction of sp³-hybridized carbons (Fsp3) is 0.297. The molecule has 0 aliphatic carbocycles. The number of aliphatic carboxylic acids is 1. The van der Waals surface area contributed by atoms with E-state index in [1.165, 1.54) is 0 Å².